The van der Waals surface area contributed by atoms with Gasteiger partial charge in [0.1, 0.15) is 11.6 Å². The molecule has 246 valence electrons. The lowest BCUT2D eigenvalue weighted by Gasteiger charge is -2.16. The van der Waals surface area contributed by atoms with Crippen molar-refractivity contribution in [3.8, 4) is 0 Å². The Hall–Kier alpha value is -4.72. The molecule has 0 fully saturated rings. The summed E-state index contributed by atoms with van der Waals surface area (Å²) in [7, 11) is 0. The molecule has 1 aromatic heterocycles. The molecule has 46 heavy (non-hydrogen) atoms. The number of rotatable bonds is 9. The van der Waals surface area contributed by atoms with Crippen LogP contribution >= 0.6 is 0 Å². The first-order chi connectivity index (χ1) is 22.2. The van der Waals surface area contributed by atoms with E-state index >= 15 is 0 Å². The summed E-state index contributed by atoms with van der Waals surface area (Å²) in [5, 5.41) is 15.1. The van der Waals surface area contributed by atoms with Gasteiger partial charge in [-0.2, -0.15) is 0 Å². The van der Waals surface area contributed by atoms with Crippen LogP contribution in [0.25, 0.3) is 5.57 Å². The Kier molecular flexibility index (Phi) is 16.6. The van der Waals surface area contributed by atoms with E-state index in [0.29, 0.717) is 24.9 Å². The average Bonchev–Trinajstić information content (AvgIpc) is 3.23. The van der Waals surface area contributed by atoms with Gasteiger partial charge in [0, 0.05) is 23.8 Å². The van der Waals surface area contributed by atoms with E-state index in [1.165, 1.54) is 5.57 Å². The number of allylic oxidation sites excluding steroid dienone is 9. The van der Waals surface area contributed by atoms with Gasteiger partial charge in [0.15, 0.2) is 5.84 Å². The molecule has 0 unspecified atom stereocenters. The second kappa shape index (κ2) is 20.3. The Bertz CT molecular complexity index is 1550. The fourth-order valence-corrected chi connectivity index (χ4v) is 4.80. The van der Waals surface area contributed by atoms with Gasteiger partial charge >= 0.3 is 0 Å². The smallest absolute Gasteiger partial charge is 0.254 e. The third-order valence-electron chi connectivity index (χ3n) is 6.86. The SMILES string of the molecule is CC.CC1=CCC=C(OC(C)C)C=C1.CCCc1nc(C)cc(=O)n1Cc1ccc(/C2=C/C/C=C\CC=C2/C(=N/O)NC=O)cc1. The van der Waals surface area contributed by atoms with Gasteiger partial charge in [-0.15, -0.1) is 0 Å². The molecule has 2 N–H and O–H groups in total. The van der Waals surface area contributed by atoms with Crippen LogP contribution in [0.3, 0.4) is 0 Å². The van der Waals surface area contributed by atoms with Crippen molar-refractivity contribution < 1.29 is 14.7 Å². The first kappa shape index (κ1) is 37.5. The van der Waals surface area contributed by atoms with Crippen molar-refractivity contribution in [2.24, 2.45) is 5.16 Å². The van der Waals surface area contributed by atoms with Gasteiger partial charge in [0.2, 0.25) is 6.41 Å². The molecule has 0 atom stereocenters. The molecule has 1 aromatic carbocycles. The molecule has 0 radical (unpaired) electrons. The van der Waals surface area contributed by atoms with Crippen LogP contribution in [0.5, 0.6) is 0 Å². The molecular weight excluding hydrogens is 576 g/mol. The lowest BCUT2D eigenvalue weighted by molar-refractivity contribution is -0.108. The maximum absolute atomic E-state index is 12.6. The molecule has 4 rings (SSSR count). The zero-order valence-electron chi connectivity index (χ0n) is 28.4. The number of aromatic nitrogens is 2. The Morgan fingerprint density at radius 1 is 1.04 bits per heavy atom. The minimum Gasteiger partial charge on any atom is -0.491 e. The highest BCUT2D eigenvalue weighted by Gasteiger charge is 2.16. The van der Waals surface area contributed by atoms with Crippen molar-refractivity contribution in [3.63, 3.8) is 0 Å². The standard InChI is InChI=1S/C25H28N4O3.C11H16O.C2H6/c1-3-8-23-27-18(2)15-24(31)29(23)16-19-11-13-20(14-12-19)21-9-6-4-5-7-10-22(21)25(28-32)26-17-30;1-9(2)12-11-6-4-5-10(3)7-8-11;1-2/h4-5,9-15,17,32H,3,6-8,16H2,1-2H3,(H,26,28,30);5-9H,4H2,1-3H3;1-2H3/b5-4-,21-9-,22-10?;;. The Labute approximate surface area is 274 Å². The molecule has 1 heterocycles. The van der Waals surface area contributed by atoms with E-state index in [9.17, 15) is 14.8 Å². The van der Waals surface area contributed by atoms with Gasteiger partial charge in [-0.25, -0.2) is 4.98 Å². The second-order valence-electron chi connectivity index (χ2n) is 10.9. The average molecular weight is 627 g/mol. The number of hydrogen-bond acceptors (Lipinski definition) is 6. The molecule has 0 aliphatic heterocycles. The summed E-state index contributed by atoms with van der Waals surface area (Å²) in [6.07, 6.45) is 21.2. The van der Waals surface area contributed by atoms with Crippen LogP contribution in [-0.2, 0) is 22.5 Å². The Morgan fingerprint density at radius 2 is 1.74 bits per heavy atom. The zero-order valence-corrected chi connectivity index (χ0v) is 28.4. The summed E-state index contributed by atoms with van der Waals surface area (Å²) < 4.78 is 7.28. The molecule has 0 saturated heterocycles. The molecule has 0 spiro atoms. The summed E-state index contributed by atoms with van der Waals surface area (Å²) in [6.45, 7) is 14.5. The van der Waals surface area contributed by atoms with E-state index in [1.54, 1.807) is 10.6 Å². The van der Waals surface area contributed by atoms with Crippen LogP contribution in [0.15, 0.2) is 106 Å². The van der Waals surface area contributed by atoms with Crippen LogP contribution in [0.1, 0.15) is 89.9 Å². The van der Waals surface area contributed by atoms with Crippen molar-refractivity contribution in [1.29, 1.82) is 0 Å². The highest BCUT2D eigenvalue weighted by atomic mass is 16.5. The molecule has 0 bridgehead atoms. The molecule has 2 aliphatic rings. The Balaban J connectivity index is 0.000000439. The number of nitrogens with zero attached hydrogens (tertiary/aromatic N) is 3. The summed E-state index contributed by atoms with van der Waals surface area (Å²) in [5.74, 6) is 1.88. The lowest BCUT2D eigenvalue weighted by atomic mass is 9.93. The van der Waals surface area contributed by atoms with Crippen LogP contribution in [-0.4, -0.2) is 33.1 Å². The summed E-state index contributed by atoms with van der Waals surface area (Å²) in [6, 6.07) is 9.47. The van der Waals surface area contributed by atoms with Crippen molar-refractivity contribution in [2.75, 3.05) is 0 Å². The van der Waals surface area contributed by atoms with E-state index in [0.717, 1.165) is 59.7 Å². The normalized spacial score (nSPS) is 16.3. The van der Waals surface area contributed by atoms with Gasteiger partial charge in [-0.3, -0.25) is 14.2 Å². The highest BCUT2D eigenvalue weighted by Crippen LogP contribution is 2.27. The number of carbonyl (C=O) groups excluding carboxylic acids is 1. The largest absolute Gasteiger partial charge is 0.491 e. The maximum Gasteiger partial charge on any atom is 0.254 e. The molecule has 0 saturated carbocycles. The third-order valence-corrected chi connectivity index (χ3v) is 6.86. The minimum absolute atomic E-state index is 0.0477. The highest BCUT2D eigenvalue weighted by molar-refractivity contribution is 6.14. The molecular formula is C38H50N4O4. The number of benzene rings is 1. The fourth-order valence-electron chi connectivity index (χ4n) is 4.80. The first-order valence-electron chi connectivity index (χ1n) is 16.1. The number of oxime groups is 1. The topological polar surface area (TPSA) is 106 Å². The molecule has 2 aliphatic carbocycles. The van der Waals surface area contributed by atoms with Gasteiger partial charge in [-0.1, -0.05) is 92.2 Å². The van der Waals surface area contributed by atoms with Gasteiger partial charge in [0.25, 0.3) is 5.56 Å². The van der Waals surface area contributed by atoms with E-state index in [2.05, 4.69) is 53.6 Å². The molecule has 8 heteroatoms. The predicted octanol–water partition coefficient (Wildman–Crippen LogP) is 7.97. The maximum atomic E-state index is 12.6. The number of ether oxygens (including phenoxy) is 1. The van der Waals surface area contributed by atoms with Crippen LogP contribution < -0.4 is 10.9 Å². The first-order valence-corrected chi connectivity index (χ1v) is 16.1. The van der Waals surface area contributed by atoms with Crippen molar-refractivity contribution in [1.82, 2.24) is 14.9 Å². The number of amidine groups is 1. The Morgan fingerprint density at radius 3 is 2.37 bits per heavy atom. The number of aryl methyl sites for hydroxylation is 2. The lowest BCUT2D eigenvalue weighted by Crippen LogP contribution is -2.25. The van der Waals surface area contributed by atoms with E-state index in [-0.39, 0.29) is 17.5 Å². The summed E-state index contributed by atoms with van der Waals surface area (Å²) >= 11 is 0. The summed E-state index contributed by atoms with van der Waals surface area (Å²) in [4.78, 5) is 28.1. The van der Waals surface area contributed by atoms with Gasteiger partial charge in [-0.05, 0) is 82.2 Å². The monoisotopic (exact) mass is 626 g/mol. The van der Waals surface area contributed by atoms with E-state index in [1.807, 2.05) is 83.2 Å². The van der Waals surface area contributed by atoms with Crippen molar-refractivity contribution in [2.45, 2.75) is 93.2 Å². The van der Waals surface area contributed by atoms with Gasteiger partial charge < -0.3 is 15.3 Å². The third kappa shape index (κ3) is 12.0. The second-order valence-corrected chi connectivity index (χ2v) is 10.9. The van der Waals surface area contributed by atoms with Gasteiger partial charge in [0.05, 0.1) is 12.6 Å². The molecule has 1 amide bonds. The fraction of sp³-hybridized carbons (Fsp3) is 0.368. The number of nitrogens with one attached hydrogen (secondary N) is 1. The molecule has 8 nitrogen and oxygen atoms in total. The van der Waals surface area contributed by atoms with E-state index in [4.69, 9.17) is 4.74 Å². The van der Waals surface area contributed by atoms with Crippen LogP contribution in [0.4, 0.5) is 0 Å². The summed E-state index contributed by atoms with van der Waals surface area (Å²) in [5.41, 5.74) is 5.41. The predicted molar refractivity (Wildman–Crippen MR) is 189 cm³/mol. The zero-order chi connectivity index (χ0) is 33.9. The molecule has 2 aromatic rings. The van der Waals surface area contributed by atoms with Crippen molar-refractivity contribution >= 4 is 17.8 Å². The van der Waals surface area contributed by atoms with E-state index < -0.39 is 0 Å². The quantitative estimate of drug-likeness (QED) is 0.0733. The number of hydrogen-bond donors (Lipinski definition) is 2. The number of amides is 1. The van der Waals surface area contributed by atoms with Crippen LogP contribution in [0.2, 0.25) is 0 Å². The van der Waals surface area contributed by atoms with Crippen molar-refractivity contribution in [3.05, 3.63) is 129 Å². The minimum atomic E-state index is -0.0477. The van der Waals surface area contributed by atoms with Crippen LogP contribution in [0, 0.1) is 6.92 Å². The number of carbonyl (C=O) groups is 1.